The van der Waals surface area contributed by atoms with Crippen LogP contribution in [0.4, 0.5) is 0 Å². The van der Waals surface area contributed by atoms with Crippen LogP contribution in [-0.4, -0.2) is 31.1 Å². The van der Waals surface area contributed by atoms with E-state index in [9.17, 15) is 4.79 Å². The molecule has 2 rings (SSSR count). The third-order valence-electron chi connectivity index (χ3n) is 2.12. The molecule has 0 aliphatic carbocycles. The van der Waals surface area contributed by atoms with Gasteiger partial charge in [0.05, 0.1) is 18.1 Å². The Morgan fingerprint density at radius 2 is 2.42 bits per heavy atom. The van der Waals surface area contributed by atoms with E-state index in [2.05, 4.69) is 11.4 Å². The second kappa shape index (κ2) is 4.29. The molecule has 0 spiro atoms. The largest absolute Gasteiger partial charge is 1.00 e. The molecular formula is C7H7KN2O2. The first-order chi connectivity index (χ1) is 5.33. The van der Waals surface area contributed by atoms with Gasteiger partial charge in [-0.1, -0.05) is 0 Å². The Balaban J connectivity index is 0.000000720. The first-order valence-electron chi connectivity index (χ1n) is 3.53. The van der Waals surface area contributed by atoms with Gasteiger partial charge in [0.1, 0.15) is 12.4 Å². The molecule has 0 aromatic carbocycles. The van der Waals surface area contributed by atoms with Gasteiger partial charge in [0.15, 0.2) is 0 Å². The quantitative estimate of drug-likeness (QED) is 0.379. The van der Waals surface area contributed by atoms with Crippen molar-refractivity contribution in [2.45, 2.75) is 12.1 Å². The van der Waals surface area contributed by atoms with Crippen molar-refractivity contribution in [1.29, 1.82) is 5.26 Å². The topological polar surface area (TPSA) is 64.2 Å². The minimum atomic E-state index is -0.334. The van der Waals surface area contributed by atoms with Crippen LogP contribution in [0.1, 0.15) is 0 Å². The maximum Gasteiger partial charge on any atom is 1.00 e. The van der Waals surface area contributed by atoms with Crippen LogP contribution < -0.4 is 51.4 Å². The number of hydrogen-bond acceptors (Lipinski definition) is 3. The van der Waals surface area contributed by atoms with E-state index >= 15 is 0 Å². The summed E-state index contributed by atoms with van der Waals surface area (Å²) in [4.78, 5) is 11.0. The molecule has 2 aliphatic heterocycles. The molecule has 1 unspecified atom stereocenters. The Morgan fingerprint density at radius 1 is 1.67 bits per heavy atom. The normalized spacial score (nSPS) is 38.6. The van der Waals surface area contributed by atoms with Gasteiger partial charge >= 0.3 is 51.4 Å². The Bertz CT molecular complexity index is 238. The van der Waals surface area contributed by atoms with Crippen LogP contribution in [0.25, 0.3) is 5.32 Å². The molecule has 2 saturated heterocycles. The van der Waals surface area contributed by atoms with Crippen molar-refractivity contribution in [2.75, 3.05) is 13.2 Å². The van der Waals surface area contributed by atoms with Gasteiger partial charge in [-0.25, -0.2) is 0 Å². The summed E-state index contributed by atoms with van der Waals surface area (Å²) in [5.74, 6) is -0.181. The van der Waals surface area contributed by atoms with Gasteiger partial charge in [0.25, 0.3) is 0 Å². The Labute approximate surface area is 113 Å². The van der Waals surface area contributed by atoms with E-state index in [-0.39, 0.29) is 81.8 Å². The molecule has 0 radical (unpaired) electrons. The third kappa shape index (κ3) is 1.66. The minimum Gasteiger partial charge on any atom is -0.650 e. The van der Waals surface area contributed by atoms with Gasteiger partial charge < -0.3 is 10.1 Å². The summed E-state index contributed by atoms with van der Waals surface area (Å²) in [7, 11) is 0. The number of hydrogen-bond donors (Lipinski definition) is 0. The predicted molar refractivity (Wildman–Crippen MR) is 35.9 cm³/mol. The van der Waals surface area contributed by atoms with Gasteiger partial charge in [-0.3, -0.25) is 4.79 Å². The molecule has 3 atom stereocenters. The number of rotatable bonds is 0. The van der Waals surface area contributed by atoms with E-state index in [1.807, 2.05) is 0 Å². The maximum atomic E-state index is 11.0. The number of ketones is 1. The average molecular weight is 190 g/mol. The fourth-order valence-electron chi connectivity index (χ4n) is 1.53. The number of nitriles is 1. The second-order valence-electron chi connectivity index (χ2n) is 2.79. The van der Waals surface area contributed by atoms with E-state index in [0.717, 1.165) is 0 Å². The predicted octanol–water partition coefficient (Wildman–Crippen LogP) is -3.15. The van der Waals surface area contributed by atoms with Crippen LogP contribution in [0, 0.1) is 17.2 Å². The molecule has 2 heterocycles. The molecule has 2 aliphatic rings. The van der Waals surface area contributed by atoms with Crippen LogP contribution in [0.3, 0.4) is 0 Å². The number of nitrogens with zero attached hydrogens (tertiary/aromatic N) is 2. The molecule has 58 valence electrons. The van der Waals surface area contributed by atoms with Crippen molar-refractivity contribution in [1.82, 2.24) is 0 Å². The third-order valence-corrected chi connectivity index (χ3v) is 2.12. The molecule has 0 amide bonds. The minimum absolute atomic E-state index is 0. The Morgan fingerprint density at radius 3 is 3.08 bits per heavy atom. The molecule has 0 aromatic rings. The molecule has 0 bridgehead atoms. The molecular weight excluding hydrogens is 183 g/mol. The zero-order valence-corrected chi connectivity index (χ0v) is 9.98. The average Bonchev–Trinajstić information content (AvgIpc) is 2.53. The van der Waals surface area contributed by atoms with Crippen molar-refractivity contribution in [3.05, 3.63) is 5.32 Å². The van der Waals surface area contributed by atoms with Gasteiger partial charge in [-0.05, 0) is 6.04 Å². The van der Waals surface area contributed by atoms with Crippen LogP contribution in [-0.2, 0) is 9.53 Å². The number of carbonyl (C=O) groups excluding carboxylic acids is 1. The molecule has 0 saturated carbocycles. The zero-order valence-electron chi connectivity index (χ0n) is 6.86. The van der Waals surface area contributed by atoms with Crippen molar-refractivity contribution >= 4 is 5.78 Å². The fourth-order valence-corrected chi connectivity index (χ4v) is 1.53. The van der Waals surface area contributed by atoms with Gasteiger partial charge in [-0.2, -0.15) is 5.26 Å². The van der Waals surface area contributed by atoms with Crippen molar-refractivity contribution in [2.24, 2.45) is 5.92 Å². The summed E-state index contributed by atoms with van der Waals surface area (Å²) in [5.41, 5.74) is 0. The molecule has 0 aromatic heterocycles. The first kappa shape index (κ1) is 10.8. The van der Waals surface area contributed by atoms with Crippen LogP contribution in [0.15, 0.2) is 0 Å². The molecule has 12 heavy (non-hydrogen) atoms. The van der Waals surface area contributed by atoms with Crippen molar-refractivity contribution in [3.63, 3.8) is 0 Å². The van der Waals surface area contributed by atoms with Crippen molar-refractivity contribution in [3.8, 4) is 6.07 Å². The number of Topliss-reactive ketones (excluding diaryl/α,β-unsaturated/α-hetero) is 1. The Hall–Kier alpha value is 0.716. The summed E-state index contributed by atoms with van der Waals surface area (Å²) >= 11 is 0. The summed E-state index contributed by atoms with van der Waals surface area (Å²) in [6, 6.07) is 1.75. The fraction of sp³-hybridized carbons (Fsp3) is 0.714. The van der Waals surface area contributed by atoms with Crippen LogP contribution >= 0.6 is 0 Å². The number of fused-ring (bicyclic) bond motifs is 1. The van der Waals surface area contributed by atoms with Crippen molar-refractivity contribution < 1.29 is 60.9 Å². The molecule has 4 nitrogen and oxygen atoms in total. The first-order valence-corrected chi connectivity index (χ1v) is 3.53. The summed E-state index contributed by atoms with van der Waals surface area (Å²) in [6.45, 7) is 0.592. The van der Waals surface area contributed by atoms with Gasteiger partial charge in [0.2, 0.25) is 0 Å². The maximum absolute atomic E-state index is 11.0. The standard InChI is InChI=1S/C7H7N2O2.K/c8-1-4-2-9-6-5(10)3-11-7(4)6;/h4,6-7H,2-3H2;/q-1;+1/t4?,6-,7-;/m1./s1. The molecule has 2 fully saturated rings. The van der Waals surface area contributed by atoms with Gasteiger partial charge in [0, 0.05) is 0 Å². The van der Waals surface area contributed by atoms with Crippen LogP contribution in [0.5, 0.6) is 0 Å². The van der Waals surface area contributed by atoms with E-state index < -0.39 is 0 Å². The van der Waals surface area contributed by atoms with E-state index in [0.29, 0.717) is 6.54 Å². The smallest absolute Gasteiger partial charge is 0.650 e. The summed E-state index contributed by atoms with van der Waals surface area (Å²) in [5, 5.41) is 12.6. The number of carbonyl (C=O) groups is 1. The van der Waals surface area contributed by atoms with Crippen LogP contribution in [0.2, 0.25) is 0 Å². The molecule has 0 N–H and O–H groups in total. The zero-order chi connectivity index (χ0) is 7.84. The second-order valence-corrected chi connectivity index (χ2v) is 2.79. The Kier molecular flexibility index (Phi) is 3.86. The monoisotopic (exact) mass is 190 g/mol. The summed E-state index contributed by atoms with van der Waals surface area (Å²) in [6.07, 6.45) is -0.243. The molecule has 5 heteroatoms. The van der Waals surface area contributed by atoms with Gasteiger partial charge in [-0.15, -0.1) is 6.54 Å². The SMILES string of the molecule is N#CC1C[N-][C@@H]2C(=O)CO[C@H]12.[K+]. The summed E-state index contributed by atoms with van der Waals surface area (Å²) < 4.78 is 5.13. The van der Waals surface area contributed by atoms with E-state index in [1.54, 1.807) is 0 Å². The van der Waals surface area contributed by atoms with E-state index in [4.69, 9.17) is 10.00 Å². The number of ether oxygens (including phenoxy) is 1. The van der Waals surface area contributed by atoms with E-state index in [1.165, 1.54) is 0 Å².